The number of hydrogen-bond acceptors (Lipinski definition) is 5. The number of aromatic amines is 1. The summed E-state index contributed by atoms with van der Waals surface area (Å²) < 4.78 is 14.1. The highest BCUT2D eigenvalue weighted by Gasteiger charge is 2.24. The first kappa shape index (κ1) is 23.3. The Labute approximate surface area is 188 Å². The fraction of sp³-hybridized carbons (Fsp3) is 0.429. The standard InChI is InChI=1S/C21H26ClN5O3S/c1-4-11-31(30)20-25-17(24-19(28)14(5-2)6-3)16-18(26-20)27(21(29)23-16)12-13-7-9-15(22)10-8-13/h7-10,14H,4-6,11-12H2,1-3H3,(H,23,29)(H,24,25,26,28). The van der Waals surface area contributed by atoms with Crippen LogP contribution in [0.1, 0.15) is 45.6 Å². The number of nitrogens with one attached hydrogen (secondary N) is 2. The van der Waals surface area contributed by atoms with E-state index in [1.165, 1.54) is 4.57 Å². The van der Waals surface area contributed by atoms with Gasteiger partial charge in [0.25, 0.3) is 0 Å². The van der Waals surface area contributed by atoms with Gasteiger partial charge in [-0.05, 0) is 37.0 Å². The van der Waals surface area contributed by atoms with Crippen LogP contribution in [0.5, 0.6) is 0 Å². The zero-order chi connectivity index (χ0) is 22.5. The van der Waals surface area contributed by atoms with E-state index in [2.05, 4.69) is 20.3 Å². The molecule has 0 aliphatic rings. The Morgan fingerprint density at radius 3 is 2.52 bits per heavy atom. The molecular formula is C21H26ClN5O3S. The van der Waals surface area contributed by atoms with E-state index in [1.807, 2.05) is 32.9 Å². The summed E-state index contributed by atoms with van der Waals surface area (Å²) in [7, 11) is 0. The maximum atomic E-state index is 12.7. The Morgan fingerprint density at radius 1 is 1.23 bits per heavy atom. The number of amides is 1. The molecule has 0 bridgehead atoms. The van der Waals surface area contributed by atoms with E-state index in [0.29, 0.717) is 41.2 Å². The predicted octanol–water partition coefficient (Wildman–Crippen LogP) is 3.71. The molecule has 1 aromatic carbocycles. The Balaban J connectivity index is 2.10. The van der Waals surface area contributed by atoms with E-state index in [0.717, 1.165) is 5.56 Å². The van der Waals surface area contributed by atoms with Crippen LogP contribution in [0.3, 0.4) is 0 Å². The lowest BCUT2D eigenvalue weighted by Crippen LogP contribution is -2.23. The number of imidazole rings is 1. The fourth-order valence-corrected chi connectivity index (χ4v) is 4.34. The summed E-state index contributed by atoms with van der Waals surface area (Å²) in [6, 6.07) is 7.13. The second-order valence-corrected chi connectivity index (χ2v) is 9.15. The average molecular weight is 464 g/mol. The highest BCUT2D eigenvalue weighted by molar-refractivity contribution is 7.91. The van der Waals surface area contributed by atoms with Crippen LogP contribution >= 0.6 is 11.6 Å². The molecule has 1 atom stereocenters. The molecule has 3 rings (SSSR count). The van der Waals surface area contributed by atoms with Gasteiger partial charge in [-0.2, -0.15) is 9.97 Å². The molecule has 166 valence electrons. The molecule has 0 spiro atoms. The summed E-state index contributed by atoms with van der Waals surface area (Å²) in [5, 5.41) is 3.50. The predicted molar refractivity (Wildman–Crippen MR) is 123 cm³/mol. The summed E-state index contributed by atoms with van der Waals surface area (Å²) >= 11 is 4.51. The van der Waals surface area contributed by atoms with Crippen molar-refractivity contribution in [1.29, 1.82) is 0 Å². The third-order valence-electron chi connectivity index (χ3n) is 5.05. The minimum absolute atomic E-state index is 0.0954. The van der Waals surface area contributed by atoms with Gasteiger partial charge in [-0.15, -0.1) is 0 Å². The number of nitrogens with zero attached hydrogens (tertiary/aromatic N) is 3. The molecule has 0 aliphatic carbocycles. The SMILES string of the molecule is CCC[S+]([O-])c1nc(NC(=O)C(CC)CC)c2[nH]c(=O)n(Cc3ccc(Cl)cc3)c2n1. The van der Waals surface area contributed by atoms with Gasteiger partial charge in [0.05, 0.1) is 6.54 Å². The molecule has 0 saturated heterocycles. The van der Waals surface area contributed by atoms with Crippen LogP contribution in [0, 0.1) is 5.92 Å². The Kier molecular flexibility index (Phi) is 7.74. The van der Waals surface area contributed by atoms with E-state index < -0.39 is 16.9 Å². The van der Waals surface area contributed by atoms with Crippen LogP contribution < -0.4 is 11.0 Å². The number of hydrogen-bond donors (Lipinski definition) is 2. The van der Waals surface area contributed by atoms with Gasteiger partial charge in [-0.3, -0.25) is 9.36 Å². The zero-order valence-corrected chi connectivity index (χ0v) is 19.3. The molecule has 31 heavy (non-hydrogen) atoms. The number of carbonyl (C=O) groups is 1. The van der Waals surface area contributed by atoms with Gasteiger partial charge in [-0.25, -0.2) is 4.79 Å². The van der Waals surface area contributed by atoms with Gasteiger partial charge in [0.1, 0.15) is 11.3 Å². The van der Waals surface area contributed by atoms with E-state index in [4.69, 9.17) is 11.6 Å². The van der Waals surface area contributed by atoms with Crippen LogP contribution in [0.2, 0.25) is 5.02 Å². The molecule has 0 radical (unpaired) electrons. The average Bonchev–Trinajstić information content (AvgIpc) is 3.06. The van der Waals surface area contributed by atoms with Gasteiger partial charge in [-0.1, -0.05) is 44.5 Å². The molecule has 2 N–H and O–H groups in total. The quantitative estimate of drug-likeness (QED) is 0.370. The number of rotatable bonds is 9. The second-order valence-electron chi connectivity index (χ2n) is 7.25. The molecule has 0 saturated carbocycles. The molecule has 2 aromatic heterocycles. The topological polar surface area (TPSA) is 116 Å². The first-order valence-electron chi connectivity index (χ1n) is 10.3. The Morgan fingerprint density at radius 2 is 1.90 bits per heavy atom. The molecule has 8 nitrogen and oxygen atoms in total. The van der Waals surface area contributed by atoms with Crippen LogP contribution in [0.4, 0.5) is 5.82 Å². The minimum Gasteiger partial charge on any atom is -0.609 e. The molecule has 1 amide bonds. The molecule has 1 unspecified atom stereocenters. The van der Waals surface area contributed by atoms with Crippen molar-refractivity contribution in [3.05, 3.63) is 45.3 Å². The van der Waals surface area contributed by atoms with Gasteiger partial charge in [0, 0.05) is 22.1 Å². The lowest BCUT2D eigenvalue weighted by Gasteiger charge is -2.14. The van der Waals surface area contributed by atoms with Gasteiger partial charge >= 0.3 is 10.8 Å². The van der Waals surface area contributed by atoms with Crippen molar-refractivity contribution in [2.75, 3.05) is 11.1 Å². The van der Waals surface area contributed by atoms with Crippen molar-refractivity contribution < 1.29 is 9.35 Å². The maximum Gasteiger partial charge on any atom is 0.346 e. The fourth-order valence-electron chi connectivity index (χ4n) is 3.28. The highest BCUT2D eigenvalue weighted by Crippen LogP contribution is 2.23. The van der Waals surface area contributed by atoms with Crippen molar-refractivity contribution in [3.8, 4) is 0 Å². The van der Waals surface area contributed by atoms with Gasteiger partial charge < -0.3 is 14.9 Å². The normalized spacial score (nSPS) is 12.5. The van der Waals surface area contributed by atoms with E-state index in [1.54, 1.807) is 12.1 Å². The van der Waals surface area contributed by atoms with Crippen LogP contribution in [-0.2, 0) is 22.5 Å². The van der Waals surface area contributed by atoms with E-state index in [9.17, 15) is 14.1 Å². The Hall–Kier alpha value is -2.36. The van der Waals surface area contributed by atoms with Crippen molar-refractivity contribution in [2.24, 2.45) is 5.92 Å². The summed E-state index contributed by atoms with van der Waals surface area (Å²) in [5.74, 6) is 0.186. The zero-order valence-electron chi connectivity index (χ0n) is 17.8. The largest absolute Gasteiger partial charge is 0.609 e. The van der Waals surface area contributed by atoms with Gasteiger partial charge in [0.15, 0.2) is 11.5 Å². The van der Waals surface area contributed by atoms with Crippen molar-refractivity contribution in [3.63, 3.8) is 0 Å². The van der Waals surface area contributed by atoms with Crippen molar-refractivity contribution in [1.82, 2.24) is 19.5 Å². The molecule has 2 heterocycles. The maximum absolute atomic E-state index is 12.7. The number of benzene rings is 1. The number of aromatic nitrogens is 4. The third-order valence-corrected chi connectivity index (χ3v) is 6.67. The smallest absolute Gasteiger partial charge is 0.346 e. The minimum atomic E-state index is -1.45. The summed E-state index contributed by atoms with van der Waals surface area (Å²) in [5.41, 5.74) is 1.07. The molecular weight excluding hydrogens is 438 g/mol. The molecule has 0 fully saturated rings. The molecule has 3 aromatic rings. The van der Waals surface area contributed by atoms with Crippen molar-refractivity contribution >= 4 is 45.7 Å². The highest BCUT2D eigenvalue weighted by atomic mass is 35.5. The monoisotopic (exact) mass is 463 g/mol. The summed E-state index contributed by atoms with van der Waals surface area (Å²) in [6.07, 6.45) is 2.05. The Bertz CT molecular complexity index is 1110. The second kappa shape index (κ2) is 10.3. The van der Waals surface area contributed by atoms with Crippen LogP contribution in [0.25, 0.3) is 11.2 Å². The van der Waals surface area contributed by atoms with E-state index in [-0.39, 0.29) is 29.3 Å². The van der Waals surface area contributed by atoms with Crippen LogP contribution in [0.15, 0.2) is 34.2 Å². The number of halogens is 1. The lowest BCUT2D eigenvalue weighted by molar-refractivity contribution is -0.120. The summed E-state index contributed by atoms with van der Waals surface area (Å²) in [4.78, 5) is 36.9. The van der Waals surface area contributed by atoms with Crippen LogP contribution in [-0.4, -0.2) is 35.7 Å². The lowest BCUT2D eigenvalue weighted by atomic mass is 10.0. The van der Waals surface area contributed by atoms with Gasteiger partial charge in [0.2, 0.25) is 5.91 Å². The number of fused-ring (bicyclic) bond motifs is 1. The van der Waals surface area contributed by atoms with Crippen molar-refractivity contribution in [2.45, 2.75) is 51.7 Å². The first-order chi connectivity index (χ1) is 14.9. The summed E-state index contributed by atoms with van der Waals surface area (Å²) in [6.45, 7) is 6.04. The molecule has 10 heteroatoms. The number of anilines is 1. The number of carbonyl (C=O) groups excluding carboxylic acids is 1. The molecule has 0 aliphatic heterocycles. The first-order valence-corrected chi connectivity index (χ1v) is 12.0. The number of H-pyrrole nitrogens is 1. The third kappa shape index (κ3) is 5.28. The van der Waals surface area contributed by atoms with E-state index >= 15 is 0 Å².